The summed E-state index contributed by atoms with van der Waals surface area (Å²) < 4.78 is 0. The molecular weight excluding hydrogens is 200 g/mol. The molecule has 3 saturated carbocycles. The van der Waals surface area contributed by atoms with Crippen molar-refractivity contribution in [1.29, 1.82) is 0 Å². The summed E-state index contributed by atoms with van der Waals surface area (Å²) in [5, 5.41) is 9.30. The average Bonchev–Trinajstić information content (AvgIpc) is 2.29. The Labute approximate surface area is 95.3 Å². The minimum Gasteiger partial charge on any atom is -0.481 e. The van der Waals surface area contributed by atoms with Crippen LogP contribution in [0.15, 0.2) is 30.3 Å². The van der Waals surface area contributed by atoms with Crippen LogP contribution in [0.5, 0.6) is 0 Å². The van der Waals surface area contributed by atoms with Gasteiger partial charge >= 0.3 is 5.97 Å². The van der Waals surface area contributed by atoms with Crippen LogP contribution in [0.1, 0.15) is 37.7 Å². The van der Waals surface area contributed by atoms with Gasteiger partial charge in [0, 0.05) is 0 Å². The van der Waals surface area contributed by atoms with E-state index in [1.54, 1.807) is 0 Å². The average molecular weight is 216 g/mol. The second-order valence-corrected chi connectivity index (χ2v) is 5.44. The molecule has 3 aliphatic carbocycles. The lowest BCUT2D eigenvalue weighted by Gasteiger charge is -2.58. The molecule has 1 N–H and O–H groups in total. The highest BCUT2D eigenvalue weighted by molar-refractivity contribution is 5.77. The van der Waals surface area contributed by atoms with Crippen LogP contribution in [-0.4, -0.2) is 11.1 Å². The fraction of sp³-hybridized carbons (Fsp3) is 0.500. The van der Waals surface area contributed by atoms with Gasteiger partial charge in [-0.3, -0.25) is 4.79 Å². The molecule has 0 saturated heterocycles. The summed E-state index contributed by atoms with van der Waals surface area (Å²) in [6.07, 6.45) is 4.78. The molecule has 0 spiro atoms. The highest BCUT2D eigenvalue weighted by Gasteiger charge is 2.61. The van der Waals surface area contributed by atoms with Crippen molar-refractivity contribution < 1.29 is 9.90 Å². The topological polar surface area (TPSA) is 37.3 Å². The van der Waals surface area contributed by atoms with Crippen molar-refractivity contribution >= 4 is 5.97 Å². The largest absolute Gasteiger partial charge is 0.481 e. The molecule has 3 aliphatic rings. The van der Waals surface area contributed by atoms with Crippen molar-refractivity contribution in [2.24, 2.45) is 5.41 Å². The zero-order valence-electron chi connectivity index (χ0n) is 9.28. The molecule has 4 rings (SSSR count). The van der Waals surface area contributed by atoms with E-state index in [1.807, 2.05) is 6.07 Å². The molecule has 0 aromatic heterocycles. The first-order valence-corrected chi connectivity index (χ1v) is 5.96. The molecule has 3 fully saturated rings. The highest BCUT2D eigenvalue weighted by Crippen LogP contribution is 2.64. The van der Waals surface area contributed by atoms with Crippen LogP contribution >= 0.6 is 0 Å². The van der Waals surface area contributed by atoms with Crippen LogP contribution in [0.2, 0.25) is 0 Å². The number of fused-ring (bicyclic) bond motifs is 2. The molecule has 0 amide bonds. The molecule has 2 nitrogen and oxygen atoms in total. The van der Waals surface area contributed by atoms with Crippen molar-refractivity contribution in [3.63, 3.8) is 0 Å². The van der Waals surface area contributed by atoms with E-state index in [9.17, 15) is 9.90 Å². The number of carboxylic acids is 1. The van der Waals surface area contributed by atoms with E-state index in [1.165, 1.54) is 5.56 Å². The zero-order chi connectivity index (χ0) is 11.2. The molecule has 1 aromatic rings. The van der Waals surface area contributed by atoms with Gasteiger partial charge in [-0.05, 0) is 36.7 Å². The summed E-state index contributed by atoms with van der Waals surface area (Å²) >= 11 is 0. The van der Waals surface area contributed by atoms with Gasteiger partial charge in [0.15, 0.2) is 0 Å². The maximum absolute atomic E-state index is 11.3. The number of carboxylic acid groups (broad SMARTS) is 1. The maximum Gasteiger partial charge on any atom is 0.309 e. The van der Waals surface area contributed by atoms with E-state index in [0.717, 1.165) is 32.1 Å². The van der Waals surface area contributed by atoms with Crippen LogP contribution in [0.4, 0.5) is 0 Å². The molecule has 0 unspecified atom stereocenters. The molecule has 0 heterocycles. The van der Waals surface area contributed by atoms with Gasteiger partial charge < -0.3 is 5.11 Å². The van der Waals surface area contributed by atoms with Gasteiger partial charge in [0.2, 0.25) is 0 Å². The van der Waals surface area contributed by atoms with Crippen LogP contribution in [0.3, 0.4) is 0 Å². The minimum absolute atomic E-state index is 0.178. The molecule has 1 aromatic carbocycles. The van der Waals surface area contributed by atoms with E-state index < -0.39 is 11.4 Å². The Kier molecular flexibility index (Phi) is 1.91. The third kappa shape index (κ3) is 1.16. The number of benzene rings is 1. The maximum atomic E-state index is 11.3. The summed E-state index contributed by atoms with van der Waals surface area (Å²) in [6.45, 7) is 0. The van der Waals surface area contributed by atoms with Crippen LogP contribution < -0.4 is 0 Å². The Morgan fingerprint density at radius 2 is 1.81 bits per heavy atom. The summed E-state index contributed by atoms with van der Waals surface area (Å²) in [7, 11) is 0. The van der Waals surface area contributed by atoms with Gasteiger partial charge in [-0.25, -0.2) is 0 Å². The van der Waals surface area contributed by atoms with Crippen LogP contribution in [-0.2, 0) is 10.2 Å². The Bertz CT molecular complexity index is 416. The fourth-order valence-electron chi connectivity index (χ4n) is 3.76. The molecule has 0 aliphatic heterocycles. The first-order chi connectivity index (χ1) is 7.67. The van der Waals surface area contributed by atoms with Crippen LogP contribution in [0, 0.1) is 5.41 Å². The van der Waals surface area contributed by atoms with Crippen molar-refractivity contribution in [3.8, 4) is 0 Å². The fourth-order valence-corrected chi connectivity index (χ4v) is 3.76. The molecule has 0 atom stereocenters. The van der Waals surface area contributed by atoms with E-state index >= 15 is 0 Å². The summed E-state index contributed by atoms with van der Waals surface area (Å²) in [4.78, 5) is 11.3. The molecule has 16 heavy (non-hydrogen) atoms. The van der Waals surface area contributed by atoms with Crippen molar-refractivity contribution in [2.45, 2.75) is 37.5 Å². The Morgan fingerprint density at radius 3 is 2.44 bits per heavy atom. The van der Waals surface area contributed by atoms with Crippen LogP contribution in [0.25, 0.3) is 0 Å². The standard InChI is InChI=1S/C14H16O2/c15-12(16)14-8-4-7-13(9-14,10-14)11-5-2-1-3-6-11/h1-3,5-6H,4,7-10H2,(H,15,16). The second kappa shape index (κ2) is 3.09. The predicted octanol–water partition coefficient (Wildman–Crippen LogP) is 2.97. The second-order valence-electron chi connectivity index (χ2n) is 5.44. The molecule has 2 bridgehead atoms. The van der Waals surface area contributed by atoms with Gasteiger partial charge in [0.25, 0.3) is 0 Å². The van der Waals surface area contributed by atoms with E-state index in [2.05, 4.69) is 24.3 Å². The third-order valence-corrected chi connectivity index (χ3v) is 4.50. The SMILES string of the molecule is O=C(O)C12CCCC(c3ccccc3)(C1)C2. The number of hydrogen-bond donors (Lipinski definition) is 1. The number of carbonyl (C=O) groups is 1. The highest BCUT2D eigenvalue weighted by atomic mass is 16.4. The zero-order valence-corrected chi connectivity index (χ0v) is 9.28. The van der Waals surface area contributed by atoms with Gasteiger partial charge in [-0.1, -0.05) is 36.8 Å². The van der Waals surface area contributed by atoms with Gasteiger partial charge in [0.05, 0.1) is 5.41 Å². The molecule has 84 valence electrons. The van der Waals surface area contributed by atoms with Gasteiger partial charge in [0.1, 0.15) is 0 Å². The Balaban J connectivity index is 1.92. The normalized spacial score (nSPS) is 36.5. The van der Waals surface area contributed by atoms with Gasteiger partial charge in [-0.2, -0.15) is 0 Å². The molecule has 2 heteroatoms. The lowest BCUT2D eigenvalue weighted by molar-refractivity contribution is -0.166. The lowest BCUT2D eigenvalue weighted by atomic mass is 9.44. The third-order valence-electron chi connectivity index (χ3n) is 4.50. The smallest absolute Gasteiger partial charge is 0.309 e. The molecule has 0 radical (unpaired) electrons. The van der Waals surface area contributed by atoms with Crippen molar-refractivity contribution in [3.05, 3.63) is 35.9 Å². The molecular formula is C14H16O2. The summed E-state index contributed by atoms with van der Waals surface area (Å²) in [5.74, 6) is -0.584. The summed E-state index contributed by atoms with van der Waals surface area (Å²) in [5.41, 5.74) is 1.12. The van der Waals surface area contributed by atoms with Crippen molar-refractivity contribution in [2.75, 3.05) is 0 Å². The van der Waals surface area contributed by atoms with Crippen molar-refractivity contribution in [1.82, 2.24) is 0 Å². The predicted molar refractivity (Wildman–Crippen MR) is 61.3 cm³/mol. The number of hydrogen-bond acceptors (Lipinski definition) is 1. The minimum atomic E-state index is -0.584. The monoisotopic (exact) mass is 216 g/mol. The van der Waals surface area contributed by atoms with E-state index in [4.69, 9.17) is 0 Å². The van der Waals surface area contributed by atoms with Gasteiger partial charge in [-0.15, -0.1) is 0 Å². The van der Waals surface area contributed by atoms with E-state index in [0.29, 0.717) is 0 Å². The first kappa shape index (κ1) is 9.88. The Morgan fingerprint density at radius 1 is 1.12 bits per heavy atom. The number of aliphatic carboxylic acids is 1. The Hall–Kier alpha value is -1.31. The summed E-state index contributed by atoms with van der Waals surface area (Å²) in [6, 6.07) is 10.4. The quantitative estimate of drug-likeness (QED) is 0.825. The lowest BCUT2D eigenvalue weighted by Crippen LogP contribution is -2.57. The number of rotatable bonds is 2. The van der Waals surface area contributed by atoms with E-state index in [-0.39, 0.29) is 5.41 Å². The first-order valence-electron chi connectivity index (χ1n) is 5.96.